The topological polar surface area (TPSA) is 64.3 Å². The minimum absolute atomic E-state index is 0.350. The van der Waals surface area contributed by atoms with Gasteiger partial charge in [0.25, 0.3) is 0 Å². The highest BCUT2D eigenvalue weighted by atomic mass is 19.1. The van der Waals surface area contributed by atoms with Crippen molar-refractivity contribution >= 4 is 6.09 Å². The summed E-state index contributed by atoms with van der Waals surface area (Å²) in [6.07, 6.45) is -0.535. The molecule has 19 heavy (non-hydrogen) atoms. The summed E-state index contributed by atoms with van der Waals surface area (Å²) in [4.78, 5) is 11.6. The van der Waals surface area contributed by atoms with Gasteiger partial charge >= 0.3 is 6.09 Å². The molecule has 0 saturated heterocycles. The Hall–Kier alpha value is -1.62. The maximum absolute atomic E-state index is 13.1. The molecule has 0 saturated carbocycles. The molecule has 1 rings (SSSR count). The van der Waals surface area contributed by atoms with Gasteiger partial charge in [0, 0.05) is 6.04 Å². The Kier molecular flexibility index (Phi) is 4.89. The first kappa shape index (κ1) is 15.4. The lowest BCUT2D eigenvalue weighted by atomic mass is 10.0. The van der Waals surface area contributed by atoms with E-state index in [1.807, 2.05) is 0 Å². The van der Waals surface area contributed by atoms with E-state index in [9.17, 15) is 9.18 Å². The van der Waals surface area contributed by atoms with Gasteiger partial charge in [0.05, 0.1) is 6.04 Å². The molecule has 0 bridgehead atoms. The van der Waals surface area contributed by atoms with E-state index in [0.29, 0.717) is 5.56 Å². The fourth-order valence-electron chi connectivity index (χ4n) is 1.59. The summed E-state index contributed by atoms with van der Waals surface area (Å²) in [5.41, 5.74) is 6.05. The molecule has 106 valence electrons. The first-order valence-electron chi connectivity index (χ1n) is 6.19. The Morgan fingerprint density at radius 2 is 2.05 bits per heavy atom. The minimum Gasteiger partial charge on any atom is -0.444 e. The quantitative estimate of drug-likeness (QED) is 0.886. The first-order valence-corrected chi connectivity index (χ1v) is 6.19. The maximum atomic E-state index is 13.1. The van der Waals surface area contributed by atoms with Crippen molar-refractivity contribution in [3.8, 4) is 0 Å². The standard InChI is InChI=1S/C14H21FN2O2/c1-9(17-13(18)19-14(2,3)4)12(16)10-6-5-7-11(15)8-10/h5-9,12H,16H2,1-4H3,(H,17,18)/t9-,12-/m0/s1. The summed E-state index contributed by atoms with van der Waals surface area (Å²) in [5.74, 6) is -0.350. The normalized spacial score (nSPS) is 14.6. The monoisotopic (exact) mass is 268 g/mol. The van der Waals surface area contributed by atoms with Gasteiger partial charge in [-0.3, -0.25) is 0 Å². The molecule has 5 heteroatoms. The fraction of sp³-hybridized carbons (Fsp3) is 0.500. The number of nitrogens with one attached hydrogen (secondary N) is 1. The van der Waals surface area contributed by atoms with Crippen LogP contribution in [0.3, 0.4) is 0 Å². The Morgan fingerprint density at radius 3 is 2.58 bits per heavy atom. The highest BCUT2D eigenvalue weighted by Crippen LogP contribution is 2.16. The number of hydrogen-bond acceptors (Lipinski definition) is 3. The van der Waals surface area contributed by atoms with Gasteiger partial charge in [0.1, 0.15) is 11.4 Å². The number of alkyl carbamates (subject to hydrolysis) is 1. The number of ether oxygens (including phenoxy) is 1. The lowest BCUT2D eigenvalue weighted by Crippen LogP contribution is -2.43. The van der Waals surface area contributed by atoms with E-state index >= 15 is 0 Å². The second kappa shape index (κ2) is 6.02. The third kappa shape index (κ3) is 5.26. The van der Waals surface area contributed by atoms with E-state index in [1.54, 1.807) is 39.8 Å². The van der Waals surface area contributed by atoms with Gasteiger partial charge in [-0.05, 0) is 45.4 Å². The number of halogens is 1. The van der Waals surface area contributed by atoms with Crippen molar-refractivity contribution in [2.45, 2.75) is 45.4 Å². The van der Waals surface area contributed by atoms with Crippen LogP contribution in [0.1, 0.15) is 39.3 Å². The van der Waals surface area contributed by atoms with Crippen molar-refractivity contribution in [1.82, 2.24) is 5.32 Å². The third-order valence-corrected chi connectivity index (χ3v) is 2.52. The van der Waals surface area contributed by atoms with E-state index in [4.69, 9.17) is 10.5 Å². The van der Waals surface area contributed by atoms with Crippen LogP contribution in [-0.2, 0) is 4.74 Å². The lowest BCUT2D eigenvalue weighted by Gasteiger charge is -2.25. The lowest BCUT2D eigenvalue weighted by molar-refractivity contribution is 0.0501. The maximum Gasteiger partial charge on any atom is 0.407 e. The molecule has 0 unspecified atom stereocenters. The van der Waals surface area contributed by atoms with Crippen molar-refractivity contribution in [3.05, 3.63) is 35.6 Å². The first-order chi connectivity index (χ1) is 8.69. The molecule has 0 radical (unpaired) electrons. The van der Waals surface area contributed by atoms with Gasteiger partial charge in [0.15, 0.2) is 0 Å². The largest absolute Gasteiger partial charge is 0.444 e. The van der Waals surface area contributed by atoms with Gasteiger partial charge in [-0.2, -0.15) is 0 Å². The van der Waals surface area contributed by atoms with Crippen molar-refractivity contribution in [2.24, 2.45) is 5.73 Å². The molecule has 3 N–H and O–H groups in total. The number of benzene rings is 1. The van der Waals surface area contributed by atoms with Crippen molar-refractivity contribution in [1.29, 1.82) is 0 Å². The van der Waals surface area contributed by atoms with Gasteiger partial charge in [0.2, 0.25) is 0 Å². The predicted molar refractivity (Wildman–Crippen MR) is 72.2 cm³/mol. The molecular weight excluding hydrogens is 247 g/mol. The van der Waals surface area contributed by atoms with Gasteiger partial charge in [-0.25, -0.2) is 9.18 Å². The molecule has 0 fully saturated rings. The average Bonchev–Trinajstić information content (AvgIpc) is 2.25. The number of hydrogen-bond donors (Lipinski definition) is 2. The molecule has 1 aromatic rings. The highest BCUT2D eigenvalue weighted by Gasteiger charge is 2.21. The Balaban J connectivity index is 2.63. The molecule has 0 aliphatic heterocycles. The highest BCUT2D eigenvalue weighted by molar-refractivity contribution is 5.68. The van der Waals surface area contributed by atoms with Gasteiger partial charge in [-0.15, -0.1) is 0 Å². The molecule has 0 aliphatic carbocycles. The Bertz CT molecular complexity index is 443. The molecular formula is C14H21FN2O2. The molecule has 0 heterocycles. The summed E-state index contributed by atoms with van der Waals surface area (Å²) in [7, 11) is 0. The summed E-state index contributed by atoms with van der Waals surface area (Å²) < 4.78 is 18.2. The molecule has 4 nitrogen and oxygen atoms in total. The number of carbonyl (C=O) groups excluding carboxylic acids is 1. The number of amides is 1. The number of rotatable bonds is 3. The molecule has 0 spiro atoms. The number of carbonyl (C=O) groups is 1. The summed E-state index contributed by atoms with van der Waals surface area (Å²) in [5, 5.41) is 2.65. The van der Waals surface area contributed by atoms with E-state index < -0.39 is 17.7 Å². The summed E-state index contributed by atoms with van der Waals surface area (Å²) >= 11 is 0. The molecule has 1 aromatic carbocycles. The Morgan fingerprint density at radius 1 is 1.42 bits per heavy atom. The SMILES string of the molecule is C[C@H](NC(=O)OC(C)(C)C)[C@H](N)c1cccc(F)c1. The zero-order chi connectivity index (χ0) is 14.6. The van der Waals surface area contributed by atoms with E-state index in [1.165, 1.54) is 12.1 Å². The van der Waals surface area contributed by atoms with Gasteiger partial charge in [-0.1, -0.05) is 12.1 Å². The van der Waals surface area contributed by atoms with Crippen LogP contribution in [0.4, 0.5) is 9.18 Å². The summed E-state index contributed by atoms with van der Waals surface area (Å²) in [6, 6.07) is 5.16. The second-order valence-corrected chi connectivity index (χ2v) is 5.52. The molecule has 0 aliphatic rings. The average molecular weight is 268 g/mol. The van der Waals surface area contributed by atoms with Crippen LogP contribution in [0.2, 0.25) is 0 Å². The number of nitrogens with two attached hydrogens (primary N) is 1. The second-order valence-electron chi connectivity index (χ2n) is 5.52. The van der Waals surface area contributed by atoms with Crippen LogP contribution in [0.5, 0.6) is 0 Å². The van der Waals surface area contributed by atoms with Crippen LogP contribution in [-0.4, -0.2) is 17.7 Å². The van der Waals surface area contributed by atoms with Crippen molar-refractivity contribution in [3.63, 3.8) is 0 Å². The van der Waals surface area contributed by atoms with Crippen LogP contribution in [0, 0.1) is 5.82 Å². The van der Waals surface area contributed by atoms with Crippen molar-refractivity contribution < 1.29 is 13.9 Å². The third-order valence-electron chi connectivity index (χ3n) is 2.52. The van der Waals surface area contributed by atoms with E-state index in [-0.39, 0.29) is 11.9 Å². The van der Waals surface area contributed by atoms with E-state index in [0.717, 1.165) is 0 Å². The molecule has 1 amide bonds. The zero-order valence-corrected chi connectivity index (χ0v) is 11.7. The smallest absolute Gasteiger partial charge is 0.407 e. The van der Waals surface area contributed by atoms with E-state index in [2.05, 4.69) is 5.32 Å². The van der Waals surface area contributed by atoms with Crippen LogP contribution in [0.15, 0.2) is 24.3 Å². The Labute approximate surface area is 113 Å². The summed E-state index contributed by atoms with van der Waals surface area (Å²) in [6.45, 7) is 7.09. The molecule has 2 atom stereocenters. The van der Waals surface area contributed by atoms with Gasteiger partial charge < -0.3 is 15.8 Å². The van der Waals surface area contributed by atoms with Crippen LogP contribution < -0.4 is 11.1 Å². The zero-order valence-electron chi connectivity index (χ0n) is 11.7. The minimum atomic E-state index is -0.563. The van der Waals surface area contributed by atoms with Crippen molar-refractivity contribution in [2.75, 3.05) is 0 Å². The fourth-order valence-corrected chi connectivity index (χ4v) is 1.59. The predicted octanol–water partition coefficient (Wildman–Crippen LogP) is 2.74. The molecule has 0 aromatic heterocycles. The van der Waals surface area contributed by atoms with Crippen LogP contribution in [0.25, 0.3) is 0 Å². The van der Waals surface area contributed by atoms with Crippen LogP contribution >= 0.6 is 0 Å².